The zero-order valence-electron chi connectivity index (χ0n) is 6.46. The summed E-state index contributed by atoms with van der Waals surface area (Å²) in [6.45, 7) is 0. The van der Waals surface area contributed by atoms with Gasteiger partial charge in [0.05, 0.1) is 0 Å². The van der Waals surface area contributed by atoms with Crippen LogP contribution in [0, 0.1) is 0 Å². The fraction of sp³-hybridized carbons (Fsp3) is 0. The van der Waals surface area contributed by atoms with E-state index in [2.05, 4.69) is 0 Å². The minimum Gasteiger partial charge on any atom is -0.822 e. The second-order valence-electron chi connectivity index (χ2n) is 0.447. The molecule has 0 amide bonds. The first-order chi connectivity index (χ1) is 2.00. The van der Waals surface area contributed by atoms with E-state index in [-0.39, 0.29) is 60.9 Å². The van der Waals surface area contributed by atoms with Crippen molar-refractivity contribution in [2.45, 2.75) is 0 Å². The summed E-state index contributed by atoms with van der Waals surface area (Å²) in [4.78, 5) is 25.6. The molecule has 0 aliphatic carbocycles. The monoisotopic (exact) mass is 294 g/mol. The van der Waals surface area contributed by atoms with Crippen LogP contribution in [0.2, 0.25) is 0 Å². The smallest absolute Gasteiger partial charge is 0.822 e. The third kappa shape index (κ3) is 16400. The summed E-state index contributed by atoms with van der Waals surface area (Å²) in [5.41, 5.74) is 0. The van der Waals surface area contributed by atoms with Crippen molar-refractivity contribution in [3.05, 3.63) is 0 Å². The van der Waals surface area contributed by atoms with Gasteiger partial charge in [0, 0.05) is 0 Å². The second kappa shape index (κ2) is 50.7. The predicted molar refractivity (Wildman–Crippen MR) is 36.5 cm³/mol. The summed E-state index contributed by atoms with van der Waals surface area (Å²) >= 11 is 0. The van der Waals surface area contributed by atoms with E-state index >= 15 is 0 Å². The van der Waals surface area contributed by atoms with Crippen LogP contribution in [0.3, 0.4) is 0 Å². The van der Waals surface area contributed by atoms with Gasteiger partial charge >= 0.3 is 17.1 Å². The Balaban J connectivity index is -0.00000000222. The first kappa shape index (κ1) is 136. The van der Waals surface area contributed by atoms with Crippen LogP contribution in [0.5, 0.6) is 0 Å². The Morgan fingerprint density at radius 2 is 0.571 bits per heavy atom. The molecular weight excluding hydrogens is 278 g/mol. The van der Waals surface area contributed by atoms with Crippen LogP contribution in [0.15, 0.2) is 0 Å². The van der Waals surface area contributed by atoms with E-state index in [0.29, 0.717) is 0 Å². The average molecular weight is 294 g/mol. The number of hydrogen-bond acceptors (Lipinski definition) is 4. The Morgan fingerprint density at radius 3 is 0.571 bits per heavy atom. The quantitative estimate of drug-likeness (QED) is 0.309. The maximum Gasteiger partial charge on any atom is 3.00 e. The van der Waals surface area contributed by atoms with E-state index in [9.17, 15) is 0 Å². The molecule has 0 heterocycles. The first-order valence-electron chi connectivity index (χ1n) is 0.730. The molecule has 0 aliphatic rings. The summed E-state index contributed by atoms with van der Waals surface area (Å²) in [6, 6.07) is 0. The summed E-state index contributed by atoms with van der Waals surface area (Å²) in [5, 5.41) is 0. The Labute approximate surface area is 88.7 Å². The van der Waals surface area contributed by atoms with Gasteiger partial charge in [-0.1, -0.05) is 0 Å². The molecule has 100 valence electrons. The Hall–Kier alpha value is 0.309. The molecule has 0 unspecified atom stereocenters. The molecule has 0 aliphatic heterocycles. The van der Waals surface area contributed by atoms with Gasteiger partial charge in [-0.2, -0.15) is 7.82 Å². The molecule has 0 atom stereocenters. The Kier molecular flexibility index (Phi) is 494. The summed E-state index contributed by atoms with van der Waals surface area (Å²) < 4.78 is 8.55. The molecule has 0 saturated carbocycles. The summed E-state index contributed by atoms with van der Waals surface area (Å²) in [5.74, 6) is 0. The zero-order chi connectivity index (χ0) is 4.50. The molecular formula is H16MnO12P. The van der Waals surface area contributed by atoms with Crippen LogP contribution in [-0.2, 0) is 21.6 Å². The fourth-order valence-electron chi connectivity index (χ4n) is 0. The van der Waals surface area contributed by atoms with Crippen molar-refractivity contribution >= 4 is 7.82 Å². The minimum absolute atomic E-state index is 0. The molecule has 12 nitrogen and oxygen atoms in total. The van der Waals surface area contributed by atoms with Crippen molar-refractivity contribution in [2.75, 3.05) is 0 Å². The summed E-state index contributed by atoms with van der Waals surface area (Å²) in [6.07, 6.45) is 0. The molecule has 0 rings (SSSR count). The van der Waals surface area contributed by atoms with E-state index in [1.807, 2.05) is 0 Å². The zero-order valence-corrected chi connectivity index (χ0v) is 8.53. The maximum atomic E-state index is 8.55. The van der Waals surface area contributed by atoms with Gasteiger partial charge in [-0.15, -0.1) is 0 Å². The van der Waals surface area contributed by atoms with E-state index in [4.69, 9.17) is 19.2 Å². The molecule has 0 spiro atoms. The van der Waals surface area contributed by atoms with Crippen molar-refractivity contribution in [1.29, 1.82) is 0 Å². The van der Waals surface area contributed by atoms with E-state index in [0.717, 1.165) is 0 Å². The van der Waals surface area contributed by atoms with Crippen LogP contribution in [0.1, 0.15) is 0 Å². The average Bonchev–Trinajstić information content (AvgIpc) is 0.722. The topological polar surface area (TPSA) is 338 Å². The molecule has 0 aromatic rings. The molecule has 0 saturated heterocycles. The number of hydrogen-bond donors (Lipinski definition) is 0. The van der Waals surface area contributed by atoms with Gasteiger partial charge < -0.3 is 63.1 Å². The van der Waals surface area contributed by atoms with Crippen molar-refractivity contribution < 1.29 is 80.1 Å². The third-order valence-corrected chi connectivity index (χ3v) is 0. The predicted octanol–water partition coefficient (Wildman–Crippen LogP) is -9.42. The maximum absolute atomic E-state index is 8.55. The van der Waals surface area contributed by atoms with Crippen LogP contribution >= 0.6 is 7.82 Å². The molecule has 14 heavy (non-hydrogen) atoms. The molecule has 0 fully saturated rings. The van der Waals surface area contributed by atoms with Gasteiger partial charge in [0.25, 0.3) is 0 Å². The Bertz CT molecular complexity index is 56.5. The molecule has 0 aromatic heterocycles. The van der Waals surface area contributed by atoms with Gasteiger partial charge in [0.1, 0.15) is 0 Å². The molecule has 0 aromatic carbocycles. The normalized spacial score (nSPS) is 4.21. The minimum atomic E-state index is -5.39. The van der Waals surface area contributed by atoms with Crippen molar-refractivity contribution in [1.82, 2.24) is 0 Å². The first-order valence-corrected chi connectivity index (χ1v) is 2.19. The number of phosphoric acid groups is 1. The standard InChI is InChI=1S/Mn.H3O4P.8H2O/c;1-5(2,3)4;;;;;;;;/h;(H3,1,2,3,4);8*1H2/q+3;;;;;;;;;/p-3. The van der Waals surface area contributed by atoms with Crippen LogP contribution in [0.4, 0.5) is 0 Å². The second-order valence-corrected chi connectivity index (χ2v) is 1.34. The van der Waals surface area contributed by atoms with Crippen molar-refractivity contribution in [3.63, 3.8) is 0 Å². The van der Waals surface area contributed by atoms with Crippen molar-refractivity contribution in [2.24, 2.45) is 0 Å². The van der Waals surface area contributed by atoms with Crippen molar-refractivity contribution in [3.8, 4) is 0 Å². The Morgan fingerprint density at radius 1 is 0.571 bits per heavy atom. The molecule has 16 N–H and O–H groups in total. The SMILES string of the molecule is O.O.O.O.O.O.O.O.O=P([O-])([O-])[O-].[Mn+3]. The van der Waals surface area contributed by atoms with Crippen LogP contribution in [0.25, 0.3) is 0 Å². The van der Waals surface area contributed by atoms with E-state index in [1.165, 1.54) is 0 Å². The third-order valence-electron chi connectivity index (χ3n) is 0. The number of rotatable bonds is 0. The molecule has 14 heteroatoms. The van der Waals surface area contributed by atoms with Gasteiger partial charge in [-0.05, 0) is 0 Å². The summed E-state index contributed by atoms with van der Waals surface area (Å²) in [7, 11) is -5.39. The van der Waals surface area contributed by atoms with Gasteiger partial charge in [-0.25, -0.2) is 0 Å². The van der Waals surface area contributed by atoms with Crippen LogP contribution in [-0.4, -0.2) is 43.8 Å². The van der Waals surface area contributed by atoms with E-state index in [1.54, 1.807) is 0 Å². The van der Waals surface area contributed by atoms with Gasteiger partial charge in [0.15, 0.2) is 0 Å². The van der Waals surface area contributed by atoms with Gasteiger partial charge in [0.2, 0.25) is 0 Å². The van der Waals surface area contributed by atoms with Crippen LogP contribution < -0.4 is 14.7 Å². The molecule has 0 bridgehead atoms. The molecule has 0 radical (unpaired) electrons. The largest absolute Gasteiger partial charge is 3.00 e. The van der Waals surface area contributed by atoms with Gasteiger partial charge in [-0.3, -0.25) is 0 Å². The fourth-order valence-corrected chi connectivity index (χ4v) is 0. The van der Waals surface area contributed by atoms with E-state index < -0.39 is 7.82 Å².